The van der Waals surface area contributed by atoms with Gasteiger partial charge < -0.3 is 15.0 Å². The predicted molar refractivity (Wildman–Crippen MR) is 84.6 cm³/mol. The van der Waals surface area contributed by atoms with Crippen LogP contribution >= 0.6 is 0 Å². The number of hydrogen-bond acceptors (Lipinski definition) is 5. The summed E-state index contributed by atoms with van der Waals surface area (Å²) in [7, 11) is 1.30. The molecule has 0 spiro atoms. The Bertz CT molecular complexity index is 455. The fourth-order valence-electron chi connectivity index (χ4n) is 3.43. The molecule has 2 aliphatic heterocycles. The molecule has 2 saturated heterocycles. The number of piperazine rings is 1. The maximum absolute atomic E-state index is 12.7. The van der Waals surface area contributed by atoms with E-state index in [0.29, 0.717) is 19.1 Å². The molecule has 0 aromatic carbocycles. The third-order valence-corrected chi connectivity index (χ3v) is 4.79. The van der Waals surface area contributed by atoms with Gasteiger partial charge in [0.1, 0.15) is 6.04 Å². The van der Waals surface area contributed by atoms with Crippen molar-refractivity contribution in [1.29, 1.82) is 0 Å². The third-order valence-electron chi connectivity index (χ3n) is 4.79. The highest BCUT2D eigenvalue weighted by molar-refractivity contribution is 5.88. The number of nitrogens with one attached hydrogen (secondary N) is 1. The van der Waals surface area contributed by atoms with Gasteiger partial charge in [-0.25, -0.2) is 0 Å². The Morgan fingerprint density at radius 3 is 2.78 bits per heavy atom. The number of hydrogen-bond donors (Lipinski definition) is 1. The van der Waals surface area contributed by atoms with Crippen LogP contribution in [-0.2, 0) is 19.1 Å². The van der Waals surface area contributed by atoms with Gasteiger partial charge in [0.05, 0.1) is 20.1 Å². The van der Waals surface area contributed by atoms with Crippen molar-refractivity contribution < 1.29 is 19.1 Å². The van der Waals surface area contributed by atoms with Gasteiger partial charge in [0.25, 0.3) is 0 Å². The minimum Gasteiger partial charge on any atom is -0.469 e. The summed E-state index contributed by atoms with van der Waals surface area (Å²) < 4.78 is 4.66. The minimum absolute atomic E-state index is 0.0210. The second kappa shape index (κ2) is 8.29. The maximum Gasteiger partial charge on any atom is 0.307 e. The summed E-state index contributed by atoms with van der Waals surface area (Å²) in [6.07, 6.45) is 4.19. The highest BCUT2D eigenvalue weighted by atomic mass is 16.5. The first-order valence-electron chi connectivity index (χ1n) is 8.44. The van der Waals surface area contributed by atoms with Gasteiger partial charge in [-0.3, -0.25) is 19.3 Å². The van der Waals surface area contributed by atoms with E-state index < -0.39 is 12.0 Å². The van der Waals surface area contributed by atoms with Gasteiger partial charge in [-0.15, -0.1) is 0 Å². The van der Waals surface area contributed by atoms with E-state index in [0.717, 1.165) is 25.8 Å². The molecule has 2 rings (SSSR count). The van der Waals surface area contributed by atoms with Crippen molar-refractivity contribution in [2.45, 2.75) is 51.1 Å². The van der Waals surface area contributed by atoms with E-state index in [1.165, 1.54) is 13.5 Å². The van der Waals surface area contributed by atoms with E-state index in [1.54, 1.807) is 4.90 Å². The summed E-state index contributed by atoms with van der Waals surface area (Å²) >= 11 is 0. The number of likely N-dealkylation sites (tertiary alicyclic amines) is 1. The lowest BCUT2D eigenvalue weighted by atomic mass is 9.99. The highest BCUT2D eigenvalue weighted by Crippen LogP contribution is 2.20. The number of carbonyl (C=O) groups is 3. The second-order valence-electron chi connectivity index (χ2n) is 6.20. The number of esters is 1. The molecule has 2 fully saturated rings. The molecule has 130 valence electrons. The molecule has 7 heteroatoms. The largest absolute Gasteiger partial charge is 0.469 e. The summed E-state index contributed by atoms with van der Waals surface area (Å²) in [5.74, 6) is -0.588. The van der Waals surface area contributed by atoms with Gasteiger partial charge in [0.15, 0.2) is 0 Å². The standard InChI is InChI=1S/C16H27N3O4/c1-3-12-6-4-5-8-19(12)14(20)11-18-9-7-17-16(22)13(18)10-15(21)23-2/h12-13H,3-11H2,1-2H3,(H,17,22)/t12-,13+/m1/s1. The van der Waals surface area contributed by atoms with E-state index in [4.69, 9.17) is 0 Å². The molecule has 23 heavy (non-hydrogen) atoms. The van der Waals surface area contributed by atoms with Crippen molar-refractivity contribution in [2.24, 2.45) is 0 Å². The molecule has 0 radical (unpaired) electrons. The average molecular weight is 325 g/mol. The quantitative estimate of drug-likeness (QED) is 0.728. The van der Waals surface area contributed by atoms with E-state index in [2.05, 4.69) is 17.0 Å². The van der Waals surface area contributed by atoms with Gasteiger partial charge in [-0.1, -0.05) is 6.92 Å². The van der Waals surface area contributed by atoms with E-state index in [1.807, 2.05) is 4.90 Å². The normalized spacial score (nSPS) is 25.8. The molecule has 1 N–H and O–H groups in total. The topological polar surface area (TPSA) is 79.0 Å². The molecule has 2 amide bonds. The molecule has 0 aromatic rings. The van der Waals surface area contributed by atoms with Crippen molar-refractivity contribution in [2.75, 3.05) is 33.3 Å². The Morgan fingerprint density at radius 2 is 2.09 bits per heavy atom. The van der Waals surface area contributed by atoms with Crippen LogP contribution in [-0.4, -0.2) is 73.0 Å². The molecule has 2 atom stereocenters. The predicted octanol–water partition coefficient (Wildman–Crippen LogP) is 0.141. The summed E-state index contributed by atoms with van der Waals surface area (Å²) in [6, 6.07) is -0.320. The zero-order chi connectivity index (χ0) is 16.8. The molecule has 0 aliphatic carbocycles. The highest BCUT2D eigenvalue weighted by Gasteiger charge is 2.35. The third kappa shape index (κ3) is 4.43. The van der Waals surface area contributed by atoms with Gasteiger partial charge in [-0.05, 0) is 25.7 Å². The lowest BCUT2D eigenvalue weighted by molar-refractivity contribution is -0.148. The fraction of sp³-hybridized carbons (Fsp3) is 0.812. The zero-order valence-corrected chi connectivity index (χ0v) is 14.0. The van der Waals surface area contributed by atoms with E-state index in [-0.39, 0.29) is 24.8 Å². The lowest BCUT2D eigenvalue weighted by Gasteiger charge is -2.39. The summed E-state index contributed by atoms with van der Waals surface area (Å²) in [6.45, 7) is 4.15. The van der Waals surface area contributed by atoms with Crippen LogP contribution in [0.25, 0.3) is 0 Å². The first-order chi connectivity index (χ1) is 11.1. The Balaban J connectivity index is 2.01. The molecular weight excluding hydrogens is 298 g/mol. The molecule has 0 aromatic heterocycles. The van der Waals surface area contributed by atoms with Gasteiger partial charge >= 0.3 is 5.97 Å². The van der Waals surface area contributed by atoms with Crippen LogP contribution in [0.5, 0.6) is 0 Å². The van der Waals surface area contributed by atoms with Gasteiger partial charge in [0.2, 0.25) is 11.8 Å². The lowest BCUT2D eigenvalue weighted by Crippen LogP contribution is -2.59. The maximum atomic E-state index is 12.7. The molecule has 2 aliphatic rings. The van der Waals surface area contributed by atoms with Gasteiger partial charge in [-0.2, -0.15) is 0 Å². The summed E-state index contributed by atoms with van der Waals surface area (Å²) in [5, 5.41) is 2.75. The molecule has 0 saturated carbocycles. The first-order valence-corrected chi connectivity index (χ1v) is 8.44. The van der Waals surface area contributed by atoms with E-state index in [9.17, 15) is 14.4 Å². The number of piperidine rings is 1. The van der Waals surface area contributed by atoms with Crippen LogP contribution in [0.3, 0.4) is 0 Å². The van der Waals surface area contributed by atoms with Crippen LogP contribution in [0.2, 0.25) is 0 Å². The Kier molecular flexibility index (Phi) is 6.38. The Hall–Kier alpha value is -1.63. The summed E-state index contributed by atoms with van der Waals surface area (Å²) in [4.78, 5) is 40.0. The smallest absolute Gasteiger partial charge is 0.307 e. The number of nitrogens with zero attached hydrogens (tertiary/aromatic N) is 2. The van der Waals surface area contributed by atoms with Crippen molar-refractivity contribution in [1.82, 2.24) is 15.1 Å². The number of rotatable bonds is 5. The van der Waals surface area contributed by atoms with Crippen molar-refractivity contribution >= 4 is 17.8 Å². The molecule has 2 heterocycles. The first kappa shape index (κ1) is 17.7. The van der Waals surface area contributed by atoms with Crippen LogP contribution in [0, 0.1) is 0 Å². The number of amides is 2. The van der Waals surface area contributed by atoms with Crippen LogP contribution < -0.4 is 5.32 Å². The van der Waals surface area contributed by atoms with Crippen molar-refractivity contribution in [3.63, 3.8) is 0 Å². The number of carbonyl (C=O) groups excluding carboxylic acids is 3. The average Bonchev–Trinajstić information content (AvgIpc) is 2.57. The molecule has 7 nitrogen and oxygen atoms in total. The monoisotopic (exact) mass is 325 g/mol. The number of ether oxygens (including phenoxy) is 1. The Labute approximate surface area is 137 Å². The second-order valence-corrected chi connectivity index (χ2v) is 6.20. The number of methoxy groups -OCH3 is 1. The zero-order valence-electron chi connectivity index (χ0n) is 14.0. The SMILES string of the molecule is CC[C@@H]1CCCCN1C(=O)CN1CCNC(=O)[C@@H]1CC(=O)OC. The molecular formula is C16H27N3O4. The molecule has 0 bridgehead atoms. The van der Waals surface area contributed by atoms with Crippen LogP contribution in [0.15, 0.2) is 0 Å². The molecule has 0 unspecified atom stereocenters. The fourth-order valence-corrected chi connectivity index (χ4v) is 3.43. The van der Waals surface area contributed by atoms with E-state index >= 15 is 0 Å². The van der Waals surface area contributed by atoms with Crippen molar-refractivity contribution in [3.8, 4) is 0 Å². The summed E-state index contributed by atoms with van der Waals surface area (Å²) in [5.41, 5.74) is 0. The van der Waals surface area contributed by atoms with Crippen LogP contribution in [0.4, 0.5) is 0 Å². The van der Waals surface area contributed by atoms with Crippen LogP contribution in [0.1, 0.15) is 39.0 Å². The minimum atomic E-state index is -0.620. The Morgan fingerprint density at radius 1 is 1.30 bits per heavy atom. The van der Waals surface area contributed by atoms with Crippen molar-refractivity contribution in [3.05, 3.63) is 0 Å². The van der Waals surface area contributed by atoms with Gasteiger partial charge in [0, 0.05) is 25.7 Å².